The molecule has 14 nitrogen and oxygen atoms in total. The lowest BCUT2D eigenvalue weighted by Crippen LogP contribution is -2.50. The molecule has 176 valence electrons. The fourth-order valence-electron chi connectivity index (χ4n) is 2.28. The van der Waals surface area contributed by atoms with E-state index in [2.05, 4.69) is 26.3 Å². The summed E-state index contributed by atoms with van der Waals surface area (Å²) in [6.07, 6.45) is 0.589. The molecule has 0 saturated heterocycles. The van der Waals surface area contributed by atoms with E-state index in [1.807, 2.05) is 0 Å². The highest BCUT2D eigenvalue weighted by atomic mass is 16.3. The molecule has 0 aromatic rings. The van der Waals surface area contributed by atoms with Crippen molar-refractivity contribution in [2.24, 2.45) is 22.2 Å². The predicted octanol–water partition coefficient (Wildman–Crippen LogP) is -4.83. The number of aldehydes is 2. The van der Waals surface area contributed by atoms with E-state index in [1.165, 1.54) is 0 Å². The van der Waals surface area contributed by atoms with Gasteiger partial charge >= 0.3 is 0 Å². The number of carbonyl (C=O) groups is 5. The molecule has 0 aliphatic carbocycles. The Morgan fingerprint density at radius 2 is 1.77 bits per heavy atom. The van der Waals surface area contributed by atoms with E-state index < -0.39 is 42.6 Å². The van der Waals surface area contributed by atoms with Gasteiger partial charge in [-0.05, 0) is 12.8 Å². The van der Waals surface area contributed by atoms with E-state index in [0.29, 0.717) is 32.0 Å². The summed E-state index contributed by atoms with van der Waals surface area (Å²) in [6, 6.07) is -1.73. The third-order valence-corrected chi connectivity index (χ3v) is 3.89. The highest BCUT2D eigenvalue weighted by Gasteiger charge is 2.20. The first-order valence-electron chi connectivity index (χ1n) is 9.64. The van der Waals surface area contributed by atoms with Crippen LogP contribution in [0.2, 0.25) is 0 Å². The van der Waals surface area contributed by atoms with Crippen molar-refractivity contribution in [2.75, 3.05) is 26.2 Å². The minimum absolute atomic E-state index is 0.0210. The Morgan fingerprint density at radius 3 is 2.39 bits per heavy atom. The van der Waals surface area contributed by atoms with Crippen molar-refractivity contribution in [3.05, 3.63) is 0 Å². The molecule has 0 spiro atoms. The van der Waals surface area contributed by atoms with Gasteiger partial charge in [0.1, 0.15) is 24.8 Å². The number of hydrogen-bond acceptors (Lipinski definition) is 9. The zero-order valence-corrected chi connectivity index (χ0v) is 17.2. The lowest BCUT2D eigenvalue weighted by atomic mass is 10.1. The van der Waals surface area contributed by atoms with Crippen LogP contribution in [-0.2, 0) is 24.0 Å². The SMILES string of the molecule is NC(N)=NCCCC(N)C(O)NCCC(=O)NCC(=O)N[C@@H](CC=O)C(=O)NCC=O. The summed E-state index contributed by atoms with van der Waals surface area (Å²) in [5.41, 5.74) is 16.2. The summed E-state index contributed by atoms with van der Waals surface area (Å²) >= 11 is 0. The molecule has 0 fully saturated rings. The van der Waals surface area contributed by atoms with Crippen LogP contribution in [0.4, 0.5) is 0 Å². The number of nitrogens with zero attached hydrogens (tertiary/aromatic N) is 1. The summed E-state index contributed by atoms with van der Waals surface area (Å²) in [4.78, 5) is 60.1. The minimum atomic E-state index is -1.15. The van der Waals surface area contributed by atoms with Crippen LogP contribution in [-0.4, -0.2) is 85.9 Å². The molecular weight excluding hydrogens is 412 g/mol. The Morgan fingerprint density at radius 1 is 1.06 bits per heavy atom. The van der Waals surface area contributed by atoms with Crippen molar-refractivity contribution < 1.29 is 29.1 Å². The van der Waals surface area contributed by atoms with Crippen LogP contribution in [0.15, 0.2) is 4.99 Å². The molecule has 14 heteroatoms. The van der Waals surface area contributed by atoms with Gasteiger partial charge < -0.3 is 47.8 Å². The van der Waals surface area contributed by atoms with Crippen molar-refractivity contribution in [1.82, 2.24) is 21.3 Å². The van der Waals surface area contributed by atoms with Gasteiger partial charge in [0, 0.05) is 32.0 Å². The van der Waals surface area contributed by atoms with Gasteiger partial charge in [0.2, 0.25) is 17.7 Å². The van der Waals surface area contributed by atoms with Crippen LogP contribution in [0.5, 0.6) is 0 Å². The maximum atomic E-state index is 11.9. The van der Waals surface area contributed by atoms with Gasteiger partial charge in [0.15, 0.2) is 5.96 Å². The van der Waals surface area contributed by atoms with Crippen molar-refractivity contribution >= 4 is 36.3 Å². The summed E-state index contributed by atoms with van der Waals surface area (Å²) < 4.78 is 0. The van der Waals surface area contributed by atoms with Gasteiger partial charge in [-0.15, -0.1) is 0 Å². The van der Waals surface area contributed by atoms with Crippen molar-refractivity contribution in [2.45, 2.75) is 44.0 Å². The highest BCUT2D eigenvalue weighted by molar-refractivity contribution is 5.91. The van der Waals surface area contributed by atoms with E-state index in [1.54, 1.807) is 0 Å². The Hall–Kier alpha value is -3.10. The molecule has 0 aliphatic heterocycles. The Kier molecular flexibility index (Phi) is 15.0. The number of hydrogen-bond donors (Lipinski definition) is 8. The number of carbonyl (C=O) groups excluding carboxylic acids is 5. The van der Waals surface area contributed by atoms with Crippen LogP contribution in [0.25, 0.3) is 0 Å². The average Bonchev–Trinajstić information content (AvgIpc) is 2.72. The molecule has 0 aromatic heterocycles. The second kappa shape index (κ2) is 16.7. The van der Waals surface area contributed by atoms with Gasteiger partial charge in [-0.3, -0.25) is 24.7 Å². The first-order chi connectivity index (χ1) is 14.7. The predicted molar refractivity (Wildman–Crippen MR) is 111 cm³/mol. The van der Waals surface area contributed by atoms with E-state index >= 15 is 0 Å². The van der Waals surface area contributed by atoms with Crippen molar-refractivity contribution in [1.29, 1.82) is 0 Å². The Balaban J connectivity index is 4.14. The van der Waals surface area contributed by atoms with Gasteiger partial charge in [-0.2, -0.15) is 0 Å². The third kappa shape index (κ3) is 14.5. The second-order valence-corrected chi connectivity index (χ2v) is 6.47. The monoisotopic (exact) mass is 444 g/mol. The Labute approximate surface area is 179 Å². The maximum absolute atomic E-state index is 11.9. The summed E-state index contributed by atoms with van der Waals surface area (Å²) in [7, 11) is 0. The highest BCUT2D eigenvalue weighted by Crippen LogP contribution is 1.99. The van der Waals surface area contributed by atoms with E-state index in [4.69, 9.17) is 17.2 Å². The number of rotatable bonds is 17. The molecule has 0 radical (unpaired) electrons. The number of guanidine groups is 1. The number of aliphatic hydroxyl groups excluding tert-OH is 1. The molecule has 0 heterocycles. The van der Waals surface area contributed by atoms with E-state index in [9.17, 15) is 29.1 Å². The van der Waals surface area contributed by atoms with Gasteiger partial charge in [0.25, 0.3) is 0 Å². The molecule has 11 N–H and O–H groups in total. The number of amides is 3. The van der Waals surface area contributed by atoms with Gasteiger partial charge in [-0.1, -0.05) is 0 Å². The molecule has 31 heavy (non-hydrogen) atoms. The van der Waals surface area contributed by atoms with E-state index in [-0.39, 0.29) is 31.9 Å². The minimum Gasteiger partial charge on any atom is -0.377 e. The fraction of sp³-hybridized carbons (Fsp3) is 0.647. The summed E-state index contributed by atoms with van der Waals surface area (Å²) in [6.45, 7) is -0.167. The largest absolute Gasteiger partial charge is 0.377 e. The first-order valence-corrected chi connectivity index (χ1v) is 9.64. The number of aliphatic imine (C=N–C) groups is 1. The van der Waals surface area contributed by atoms with Crippen LogP contribution in [0.3, 0.4) is 0 Å². The smallest absolute Gasteiger partial charge is 0.243 e. The standard InChI is InChI=1S/C17H32N8O6/c18-11(2-1-5-23-17(19)20)15(30)21-6-3-13(28)24-10-14(29)25-12(4-8-26)16(31)22-7-9-27/h8-9,11-12,15,21,30H,1-7,10,18H2,(H,22,31)(H,24,28)(H,25,29)(H4,19,20,23)/t11?,12-,15?/m0/s1. The fourth-order valence-corrected chi connectivity index (χ4v) is 2.28. The number of nitrogens with one attached hydrogen (secondary N) is 4. The Bertz CT molecular complexity index is 626. The summed E-state index contributed by atoms with van der Waals surface area (Å²) in [5, 5.41) is 19.5. The van der Waals surface area contributed by atoms with Crippen LogP contribution < -0.4 is 38.5 Å². The third-order valence-electron chi connectivity index (χ3n) is 3.89. The molecule has 0 rings (SSSR count). The molecule has 0 saturated carbocycles. The topological polar surface area (TPSA) is 244 Å². The number of nitrogens with two attached hydrogens (primary N) is 3. The van der Waals surface area contributed by atoms with Gasteiger partial charge in [0.05, 0.1) is 13.1 Å². The molecule has 0 bridgehead atoms. The maximum Gasteiger partial charge on any atom is 0.243 e. The van der Waals surface area contributed by atoms with Crippen LogP contribution in [0, 0.1) is 0 Å². The molecule has 3 atom stereocenters. The van der Waals surface area contributed by atoms with Crippen molar-refractivity contribution in [3.8, 4) is 0 Å². The zero-order valence-electron chi connectivity index (χ0n) is 17.2. The summed E-state index contributed by atoms with van der Waals surface area (Å²) in [5.74, 6) is -1.87. The second-order valence-electron chi connectivity index (χ2n) is 6.47. The van der Waals surface area contributed by atoms with Crippen LogP contribution >= 0.6 is 0 Å². The van der Waals surface area contributed by atoms with E-state index in [0.717, 1.165) is 0 Å². The normalized spacial score (nSPS) is 13.2. The molecule has 3 amide bonds. The number of aliphatic hydroxyl groups is 1. The van der Waals surface area contributed by atoms with Gasteiger partial charge in [-0.25, -0.2) is 0 Å². The zero-order chi connectivity index (χ0) is 23.6. The van der Waals surface area contributed by atoms with Crippen LogP contribution in [0.1, 0.15) is 25.7 Å². The molecule has 0 aliphatic rings. The average molecular weight is 444 g/mol. The lowest BCUT2D eigenvalue weighted by molar-refractivity contribution is -0.130. The molecular formula is C17H32N8O6. The first kappa shape index (κ1) is 27.9. The van der Waals surface area contributed by atoms with Crippen molar-refractivity contribution in [3.63, 3.8) is 0 Å². The lowest BCUT2D eigenvalue weighted by Gasteiger charge is -2.19. The quantitative estimate of drug-likeness (QED) is 0.0349. The molecule has 0 aromatic carbocycles. The molecule has 2 unspecified atom stereocenters.